The lowest BCUT2D eigenvalue weighted by atomic mass is 10.0. The Labute approximate surface area is 358 Å². The van der Waals surface area contributed by atoms with E-state index in [4.69, 9.17) is 23.8 Å². The number of fused-ring (bicyclic) bond motifs is 14. The van der Waals surface area contributed by atoms with Crippen molar-refractivity contribution in [3.05, 3.63) is 194 Å². The molecule has 0 aliphatic rings. The first kappa shape index (κ1) is 34.1. The zero-order valence-electron chi connectivity index (χ0n) is 33.6. The van der Waals surface area contributed by atoms with Crippen molar-refractivity contribution in [2.45, 2.75) is 0 Å². The van der Waals surface area contributed by atoms with Gasteiger partial charge < -0.3 is 13.4 Å². The molecule has 0 saturated carbocycles. The lowest BCUT2D eigenvalue weighted by molar-refractivity contribution is 0.669. The Bertz CT molecular complexity index is 4220. The first-order valence-corrected chi connectivity index (χ1v) is 21.2. The van der Waals surface area contributed by atoms with E-state index >= 15 is 0 Å². The van der Waals surface area contributed by atoms with Crippen molar-refractivity contribution in [3.8, 4) is 39.9 Å². The summed E-state index contributed by atoms with van der Waals surface area (Å²) in [5, 5.41) is 13.6. The van der Waals surface area contributed by atoms with Gasteiger partial charge in [-0.05, 0) is 76.1 Å². The van der Waals surface area contributed by atoms with E-state index in [1.165, 1.54) is 32.3 Å². The minimum Gasteiger partial charge on any atom is -0.456 e. The van der Waals surface area contributed by atoms with Crippen molar-refractivity contribution in [2.24, 2.45) is 0 Å². The number of benzene rings is 10. The third kappa shape index (κ3) is 5.03. The summed E-state index contributed by atoms with van der Waals surface area (Å²) < 4.78 is 15.7. The predicted octanol–water partition coefficient (Wildman–Crippen LogP) is 15.2. The highest BCUT2D eigenvalue weighted by Gasteiger charge is 2.23. The molecule has 10 aromatic carbocycles. The minimum atomic E-state index is 0.534. The van der Waals surface area contributed by atoms with Crippen molar-refractivity contribution >= 4 is 98.0 Å². The molecule has 0 fully saturated rings. The van der Waals surface area contributed by atoms with Gasteiger partial charge in [0.15, 0.2) is 17.5 Å². The third-order valence-electron chi connectivity index (χ3n) is 12.8. The van der Waals surface area contributed by atoms with Gasteiger partial charge in [-0.15, -0.1) is 0 Å². The molecule has 292 valence electrons. The molecule has 0 aliphatic carbocycles. The van der Waals surface area contributed by atoms with E-state index in [0.717, 1.165) is 88.1 Å². The van der Waals surface area contributed by atoms with Crippen LogP contribution in [0.3, 0.4) is 0 Å². The highest BCUT2D eigenvalue weighted by Crippen LogP contribution is 2.45. The molecule has 4 aromatic heterocycles. The summed E-state index contributed by atoms with van der Waals surface area (Å²) in [6.45, 7) is 0. The van der Waals surface area contributed by atoms with Crippen LogP contribution in [0.15, 0.2) is 203 Å². The summed E-state index contributed by atoms with van der Waals surface area (Å²) >= 11 is 0. The lowest BCUT2D eigenvalue weighted by Crippen LogP contribution is -2.00. The number of hydrogen-bond acceptors (Lipinski definition) is 5. The van der Waals surface area contributed by atoms with Crippen molar-refractivity contribution in [1.82, 2.24) is 19.5 Å². The monoisotopic (exact) mass is 804 g/mol. The quantitative estimate of drug-likeness (QED) is 0.177. The molecule has 14 rings (SSSR count). The van der Waals surface area contributed by atoms with Crippen LogP contribution in [0.25, 0.3) is 138 Å². The van der Waals surface area contributed by atoms with Crippen molar-refractivity contribution in [3.63, 3.8) is 0 Å². The molecule has 0 spiro atoms. The molecule has 0 atom stereocenters. The first-order valence-electron chi connectivity index (χ1n) is 21.2. The molecule has 0 radical (unpaired) electrons. The molecule has 6 heteroatoms. The fourth-order valence-electron chi connectivity index (χ4n) is 9.90. The molecular formula is C57H32N4O2. The van der Waals surface area contributed by atoms with Gasteiger partial charge in [-0.3, -0.25) is 0 Å². The molecule has 6 nitrogen and oxygen atoms in total. The second-order valence-electron chi connectivity index (χ2n) is 16.3. The van der Waals surface area contributed by atoms with Crippen LogP contribution in [-0.2, 0) is 0 Å². The minimum absolute atomic E-state index is 0.534. The Morgan fingerprint density at radius 1 is 0.333 bits per heavy atom. The summed E-state index contributed by atoms with van der Waals surface area (Å²) in [5.74, 6) is 1.68. The Kier molecular flexibility index (Phi) is 7.02. The van der Waals surface area contributed by atoms with E-state index in [-0.39, 0.29) is 0 Å². The molecule has 0 saturated heterocycles. The molecule has 0 bridgehead atoms. The normalized spacial score (nSPS) is 12.1. The topological polar surface area (TPSA) is 69.9 Å². The Morgan fingerprint density at radius 2 is 0.984 bits per heavy atom. The predicted molar refractivity (Wildman–Crippen MR) is 258 cm³/mol. The van der Waals surface area contributed by atoms with E-state index in [1.807, 2.05) is 60.7 Å². The van der Waals surface area contributed by atoms with Gasteiger partial charge in [-0.2, -0.15) is 0 Å². The van der Waals surface area contributed by atoms with Gasteiger partial charge in [0, 0.05) is 54.2 Å². The Balaban J connectivity index is 1.03. The van der Waals surface area contributed by atoms with Crippen molar-refractivity contribution in [2.75, 3.05) is 0 Å². The summed E-state index contributed by atoms with van der Waals surface area (Å²) in [5.41, 5.74) is 9.18. The van der Waals surface area contributed by atoms with Gasteiger partial charge in [0.25, 0.3) is 0 Å². The van der Waals surface area contributed by atoms with Gasteiger partial charge in [-0.1, -0.05) is 140 Å². The van der Waals surface area contributed by atoms with Crippen LogP contribution in [0.1, 0.15) is 0 Å². The number of nitrogens with zero attached hydrogens (tertiary/aromatic N) is 4. The number of aromatic nitrogens is 4. The maximum atomic E-state index is 7.08. The molecule has 0 amide bonds. The van der Waals surface area contributed by atoms with Gasteiger partial charge in [0.05, 0.1) is 22.3 Å². The molecular weight excluding hydrogens is 773 g/mol. The molecule has 14 aromatic rings. The number of hydrogen-bond donors (Lipinski definition) is 0. The number of rotatable bonds is 4. The van der Waals surface area contributed by atoms with Crippen LogP contribution in [0.5, 0.6) is 0 Å². The zero-order chi connectivity index (χ0) is 41.2. The second-order valence-corrected chi connectivity index (χ2v) is 16.3. The summed E-state index contributed by atoms with van der Waals surface area (Å²) in [7, 11) is 0. The van der Waals surface area contributed by atoms with Crippen LogP contribution in [0, 0.1) is 0 Å². The van der Waals surface area contributed by atoms with Gasteiger partial charge >= 0.3 is 0 Å². The Hall–Kier alpha value is -8.61. The van der Waals surface area contributed by atoms with Crippen LogP contribution in [0.2, 0.25) is 0 Å². The smallest absolute Gasteiger partial charge is 0.167 e. The third-order valence-corrected chi connectivity index (χ3v) is 12.8. The molecule has 0 aliphatic heterocycles. The fourth-order valence-corrected chi connectivity index (χ4v) is 9.90. The number of furan rings is 2. The van der Waals surface area contributed by atoms with Gasteiger partial charge in [0.2, 0.25) is 0 Å². The van der Waals surface area contributed by atoms with Gasteiger partial charge in [-0.25, -0.2) is 15.0 Å². The van der Waals surface area contributed by atoms with Crippen molar-refractivity contribution < 1.29 is 8.83 Å². The molecule has 63 heavy (non-hydrogen) atoms. The van der Waals surface area contributed by atoms with Crippen LogP contribution < -0.4 is 0 Å². The first-order chi connectivity index (χ1) is 31.2. The van der Waals surface area contributed by atoms with Gasteiger partial charge in [0.1, 0.15) is 22.3 Å². The zero-order valence-corrected chi connectivity index (χ0v) is 33.6. The van der Waals surface area contributed by atoms with E-state index in [2.05, 4.69) is 138 Å². The summed E-state index contributed by atoms with van der Waals surface area (Å²) in [6, 6.07) is 68.1. The van der Waals surface area contributed by atoms with E-state index in [0.29, 0.717) is 17.5 Å². The van der Waals surface area contributed by atoms with Crippen LogP contribution >= 0.6 is 0 Å². The lowest BCUT2D eigenvalue weighted by Gasteiger charge is -2.13. The highest BCUT2D eigenvalue weighted by atomic mass is 16.3. The number of para-hydroxylation sites is 2. The maximum Gasteiger partial charge on any atom is 0.167 e. The fraction of sp³-hybridized carbons (Fsp3) is 0. The molecule has 0 unspecified atom stereocenters. The summed E-state index contributed by atoms with van der Waals surface area (Å²) in [6.07, 6.45) is 0. The maximum absolute atomic E-state index is 7.08. The average molecular weight is 805 g/mol. The van der Waals surface area contributed by atoms with E-state index in [1.54, 1.807) is 0 Å². The second kappa shape index (κ2) is 12.9. The average Bonchev–Trinajstić information content (AvgIpc) is 4.02. The summed E-state index contributed by atoms with van der Waals surface area (Å²) in [4.78, 5) is 15.4. The highest BCUT2D eigenvalue weighted by molar-refractivity contribution is 6.25. The van der Waals surface area contributed by atoms with Crippen LogP contribution in [0.4, 0.5) is 0 Å². The van der Waals surface area contributed by atoms with E-state index < -0.39 is 0 Å². The van der Waals surface area contributed by atoms with E-state index in [9.17, 15) is 0 Å². The van der Waals surface area contributed by atoms with Crippen LogP contribution in [-0.4, -0.2) is 19.5 Å². The molecule has 4 heterocycles. The largest absolute Gasteiger partial charge is 0.456 e. The van der Waals surface area contributed by atoms with Crippen molar-refractivity contribution in [1.29, 1.82) is 0 Å². The standard InChI is InChI=1S/C57H32N4O2/c1-2-14-34(15-3-1)55-58-56(37-26-28-51-44(30-37)40-20-10-11-24-50(40)62-51)60-57(59-55)43-23-12-22-42-45-32-49(39-19-8-9-21-41(39)54(45)63-53(42)43)61-47-27-25-33-13-6-7-18-38(33)52(47)46-29-35-16-4-5-17-36(35)31-48(46)61/h1-32H. The Morgan fingerprint density at radius 3 is 1.84 bits per heavy atom. The molecule has 0 N–H and O–H groups in total. The SMILES string of the molecule is c1ccc(-c2nc(-c3ccc4oc5ccccc5c4c3)nc(-c3cccc4c3oc3c5ccccc5c(-n5c6cc7ccccc7cc6c6c7ccccc7ccc65)cc43)n2)cc1.